The van der Waals surface area contributed by atoms with Crippen molar-refractivity contribution in [3.8, 4) is 0 Å². The number of aromatic carboxylic acids is 1. The number of aliphatic hydroxyl groups excluding tert-OH is 1. The summed E-state index contributed by atoms with van der Waals surface area (Å²) in [6.45, 7) is 0.0481. The van der Waals surface area contributed by atoms with Gasteiger partial charge in [-0.15, -0.1) is 0 Å². The van der Waals surface area contributed by atoms with E-state index in [0.29, 0.717) is 17.0 Å². The van der Waals surface area contributed by atoms with E-state index in [2.05, 4.69) is 0 Å². The van der Waals surface area contributed by atoms with Gasteiger partial charge in [0.1, 0.15) is 0 Å². The average Bonchev–Trinajstić information content (AvgIpc) is 2.20. The summed E-state index contributed by atoms with van der Waals surface area (Å²) in [4.78, 5) is 10.9. The molecule has 4 heteroatoms. The molecular weight excluding hydrogens is 216 g/mol. The molecule has 0 aliphatic heterocycles. The Morgan fingerprint density at radius 1 is 1.47 bits per heavy atom. The minimum absolute atomic E-state index is 0.0481. The van der Waals surface area contributed by atoms with Crippen LogP contribution < -0.4 is 0 Å². The molecule has 0 aromatic heterocycles. The maximum atomic E-state index is 10.9. The molecule has 0 aliphatic carbocycles. The van der Waals surface area contributed by atoms with Crippen molar-refractivity contribution in [1.29, 1.82) is 0 Å². The molecule has 3 nitrogen and oxygen atoms in total. The molecule has 15 heavy (non-hydrogen) atoms. The second-order valence-electron chi connectivity index (χ2n) is 2.95. The van der Waals surface area contributed by atoms with Crippen molar-refractivity contribution < 1.29 is 15.0 Å². The first-order chi connectivity index (χ1) is 7.15. The van der Waals surface area contributed by atoms with E-state index < -0.39 is 5.97 Å². The standard InChI is InChI=1S/C11H11ClO3/c12-9-5-4-8(3-1-2-6-13)10(7-9)11(14)15/h1,3-5,7,13H,2,6H2,(H,14,15). The van der Waals surface area contributed by atoms with Crippen LogP contribution in [0.1, 0.15) is 22.3 Å². The number of hydrogen-bond donors (Lipinski definition) is 2. The molecule has 0 saturated carbocycles. The van der Waals surface area contributed by atoms with Gasteiger partial charge >= 0.3 is 5.97 Å². The summed E-state index contributed by atoms with van der Waals surface area (Å²) >= 11 is 5.69. The molecule has 0 bridgehead atoms. The molecule has 2 N–H and O–H groups in total. The van der Waals surface area contributed by atoms with Crippen molar-refractivity contribution in [3.05, 3.63) is 40.4 Å². The Hall–Kier alpha value is -1.32. The van der Waals surface area contributed by atoms with Crippen molar-refractivity contribution in [3.63, 3.8) is 0 Å². The van der Waals surface area contributed by atoms with Crippen LogP contribution in [0.15, 0.2) is 24.3 Å². The van der Waals surface area contributed by atoms with Crippen LogP contribution in [0.2, 0.25) is 5.02 Å². The smallest absolute Gasteiger partial charge is 0.336 e. The lowest BCUT2D eigenvalue weighted by molar-refractivity contribution is 0.0696. The van der Waals surface area contributed by atoms with Crippen molar-refractivity contribution in [2.75, 3.05) is 6.61 Å². The van der Waals surface area contributed by atoms with Crippen molar-refractivity contribution in [2.45, 2.75) is 6.42 Å². The van der Waals surface area contributed by atoms with E-state index in [-0.39, 0.29) is 12.2 Å². The van der Waals surface area contributed by atoms with Gasteiger partial charge in [-0.2, -0.15) is 0 Å². The van der Waals surface area contributed by atoms with Crippen LogP contribution in [0.25, 0.3) is 6.08 Å². The maximum Gasteiger partial charge on any atom is 0.336 e. The Bertz CT molecular complexity index is 385. The Morgan fingerprint density at radius 2 is 2.20 bits per heavy atom. The Balaban J connectivity index is 3.01. The van der Waals surface area contributed by atoms with Gasteiger partial charge in [0.15, 0.2) is 0 Å². The van der Waals surface area contributed by atoms with Gasteiger partial charge in [-0.25, -0.2) is 4.79 Å². The average molecular weight is 227 g/mol. The van der Waals surface area contributed by atoms with Gasteiger partial charge in [-0.1, -0.05) is 29.8 Å². The predicted molar refractivity (Wildman–Crippen MR) is 59.1 cm³/mol. The van der Waals surface area contributed by atoms with E-state index in [0.717, 1.165) is 0 Å². The molecule has 0 heterocycles. The van der Waals surface area contributed by atoms with Crippen LogP contribution in [0.3, 0.4) is 0 Å². The number of carboxylic acid groups (broad SMARTS) is 1. The highest BCUT2D eigenvalue weighted by Crippen LogP contribution is 2.17. The molecule has 1 aromatic rings. The third-order valence-corrected chi connectivity index (χ3v) is 2.07. The topological polar surface area (TPSA) is 57.5 Å². The third kappa shape index (κ3) is 3.38. The molecule has 0 fully saturated rings. The highest BCUT2D eigenvalue weighted by Gasteiger charge is 2.07. The lowest BCUT2D eigenvalue weighted by Gasteiger charge is -2.01. The fourth-order valence-electron chi connectivity index (χ4n) is 1.14. The van der Waals surface area contributed by atoms with E-state index in [4.69, 9.17) is 21.8 Å². The largest absolute Gasteiger partial charge is 0.478 e. The molecule has 0 saturated heterocycles. The molecule has 0 amide bonds. The van der Waals surface area contributed by atoms with Crippen molar-refractivity contribution in [1.82, 2.24) is 0 Å². The third-order valence-electron chi connectivity index (χ3n) is 1.84. The first kappa shape index (κ1) is 11.8. The van der Waals surface area contributed by atoms with Crippen molar-refractivity contribution in [2.24, 2.45) is 0 Å². The van der Waals surface area contributed by atoms with E-state index in [9.17, 15) is 4.79 Å². The summed E-state index contributed by atoms with van der Waals surface area (Å²) in [5, 5.41) is 17.9. The Kier molecular flexibility index (Phi) is 4.34. The fraction of sp³-hybridized carbons (Fsp3) is 0.182. The van der Waals surface area contributed by atoms with Gasteiger partial charge in [0.05, 0.1) is 5.56 Å². The van der Waals surface area contributed by atoms with Crippen LogP contribution in [0, 0.1) is 0 Å². The van der Waals surface area contributed by atoms with Gasteiger partial charge < -0.3 is 10.2 Å². The van der Waals surface area contributed by atoms with E-state index in [1.807, 2.05) is 0 Å². The summed E-state index contributed by atoms with van der Waals surface area (Å²) in [5.41, 5.74) is 0.747. The maximum absolute atomic E-state index is 10.9. The summed E-state index contributed by atoms with van der Waals surface area (Å²) < 4.78 is 0. The summed E-state index contributed by atoms with van der Waals surface area (Å²) in [7, 11) is 0. The highest BCUT2D eigenvalue weighted by atomic mass is 35.5. The fourth-order valence-corrected chi connectivity index (χ4v) is 1.32. The molecule has 0 aliphatic rings. The first-order valence-electron chi connectivity index (χ1n) is 4.45. The van der Waals surface area contributed by atoms with Crippen LogP contribution >= 0.6 is 11.6 Å². The van der Waals surface area contributed by atoms with Crippen LogP contribution in [0.4, 0.5) is 0 Å². The van der Waals surface area contributed by atoms with Crippen LogP contribution in [-0.4, -0.2) is 22.8 Å². The zero-order valence-corrected chi connectivity index (χ0v) is 8.74. The number of halogens is 1. The number of benzene rings is 1. The van der Waals surface area contributed by atoms with E-state index in [1.54, 1.807) is 24.3 Å². The zero-order chi connectivity index (χ0) is 11.3. The first-order valence-corrected chi connectivity index (χ1v) is 4.83. The van der Waals surface area contributed by atoms with E-state index in [1.165, 1.54) is 6.07 Å². The second-order valence-corrected chi connectivity index (χ2v) is 3.39. The number of aliphatic hydroxyl groups is 1. The molecule has 0 spiro atoms. The minimum atomic E-state index is -1.01. The quantitative estimate of drug-likeness (QED) is 0.829. The van der Waals surface area contributed by atoms with Gasteiger partial charge in [0.2, 0.25) is 0 Å². The monoisotopic (exact) mass is 226 g/mol. The number of rotatable bonds is 4. The number of carbonyl (C=O) groups is 1. The predicted octanol–water partition coefficient (Wildman–Crippen LogP) is 2.43. The number of hydrogen-bond acceptors (Lipinski definition) is 2. The van der Waals surface area contributed by atoms with Gasteiger partial charge in [0, 0.05) is 11.6 Å². The van der Waals surface area contributed by atoms with Crippen molar-refractivity contribution >= 4 is 23.6 Å². The summed E-state index contributed by atoms with van der Waals surface area (Å²) in [6.07, 6.45) is 3.88. The molecule has 1 rings (SSSR count). The number of carboxylic acids is 1. The molecule has 0 unspecified atom stereocenters. The molecule has 0 radical (unpaired) electrons. The zero-order valence-electron chi connectivity index (χ0n) is 7.98. The van der Waals surface area contributed by atoms with Crippen LogP contribution in [-0.2, 0) is 0 Å². The molecular formula is C11H11ClO3. The Morgan fingerprint density at radius 3 is 2.80 bits per heavy atom. The summed E-state index contributed by atoms with van der Waals surface area (Å²) in [5.74, 6) is -1.01. The van der Waals surface area contributed by atoms with Gasteiger partial charge in [0.25, 0.3) is 0 Å². The Labute approximate surface area is 92.6 Å². The lowest BCUT2D eigenvalue weighted by atomic mass is 10.1. The van der Waals surface area contributed by atoms with E-state index >= 15 is 0 Å². The van der Waals surface area contributed by atoms with Crippen LogP contribution in [0.5, 0.6) is 0 Å². The lowest BCUT2D eigenvalue weighted by Crippen LogP contribution is -1.99. The second kappa shape index (κ2) is 5.53. The van der Waals surface area contributed by atoms with Gasteiger partial charge in [-0.3, -0.25) is 0 Å². The SMILES string of the molecule is O=C(O)c1cc(Cl)ccc1C=CCCO. The molecule has 80 valence electrons. The highest BCUT2D eigenvalue weighted by molar-refractivity contribution is 6.31. The minimum Gasteiger partial charge on any atom is -0.478 e. The molecule has 1 aromatic carbocycles. The molecule has 0 atom stereocenters. The normalized spacial score (nSPS) is 10.8. The summed E-state index contributed by atoms with van der Waals surface area (Å²) in [6, 6.07) is 4.68. The van der Waals surface area contributed by atoms with Gasteiger partial charge in [-0.05, 0) is 24.1 Å².